The summed E-state index contributed by atoms with van der Waals surface area (Å²) in [6, 6.07) is 11.6. The number of pyridine rings is 1. The summed E-state index contributed by atoms with van der Waals surface area (Å²) in [6.45, 7) is 0. The minimum absolute atomic E-state index is 0.491. The van der Waals surface area contributed by atoms with Crippen molar-refractivity contribution in [3.63, 3.8) is 0 Å². The number of rotatable bonds is 5. The number of anilines is 4. The Balaban J connectivity index is 1.49. The van der Waals surface area contributed by atoms with Gasteiger partial charge in [-0.1, -0.05) is 0 Å². The lowest BCUT2D eigenvalue weighted by Gasteiger charge is -2.10. The van der Waals surface area contributed by atoms with Crippen molar-refractivity contribution < 1.29 is 4.74 Å². The van der Waals surface area contributed by atoms with E-state index in [0.717, 1.165) is 38.3 Å². The Morgan fingerprint density at radius 1 is 1.00 bits per heavy atom. The average molecular weight is 389 g/mol. The third kappa shape index (κ3) is 3.08. The summed E-state index contributed by atoms with van der Waals surface area (Å²) in [4.78, 5) is 13.5. The van der Waals surface area contributed by atoms with Crippen LogP contribution in [0.1, 0.15) is 0 Å². The van der Waals surface area contributed by atoms with Crippen molar-refractivity contribution in [3.8, 4) is 5.88 Å². The molecule has 0 atom stereocenters. The van der Waals surface area contributed by atoms with E-state index in [1.54, 1.807) is 36.9 Å². The van der Waals surface area contributed by atoms with Crippen molar-refractivity contribution in [2.24, 2.45) is 0 Å². The summed E-state index contributed by atoms with van der Waals surface area (Å²) in [7, 11) is 1.59. The first-order chi connectivity index (χ1) is 13.8. The van der Waals surface area contributed by atoms with Crippen molar-refractivity contribution in [1.29, 1.82) is 0 Å². The first-order valence-corrected chi connectivity index (χ1v) is 9.39. The highest BCUT2D eigenvalue weighted by atomic mass is 32.1. The molecule has 0 aliphatic carbocycles. The summed E-state index contributed by atoms with van der Waals surface area (Å²) in [6.07, 6.45) is 3.48. The fraction of sp³-hybridized carbons (Fsp3) is 0.0526. The van der Waals surface area contributed by atoms with Crippen LogP contribution >= 0.6 is 11.3 Å². The molecular weight excluding hydrogens is 374 g/mol. The summed E-state index contributed by atoms with van der Waals surface area (Å²) in [5.41, 5.74) is 3.57. The molecule has 9 heteroatoms. The van der Waals surface area contributed by atoms with E-state index in [2.05, 4.69) is 35.8 Å². The highest BCUT2D eigenvalue weighted by Crippen LogP contribution is 2.31. The van der Waals surface area contributed by atoms with Gasteiger partial charge in [0.2, 0.25) is 11.8 Å². The molecule has 28 heavy (non-hydrogen) atoms. The second kappa shape index (κ2) is 6.78. The Morgan fingerprint density at radius 2 is 1.93 bits per heavy atom. The van der Waals surface area contributed by atoms with Crippen LogP contribution in [-0.2, 0) is 0 Å². The van der Waals surface area contributed by atoms with E-state index in [9.17, 15) is 0 Å². The molecule has 0 bridgehead atoms. The minimum Gasteiger partial charge on any atom is -0.481 e. The van der Waals surface area contributed by atoms with Crippen LogP contribution in [0, 0.1) is 0 Å². The Kier molecular flexibility index (Phi) is 3.99. The number of fused-ring (bicyclic) bond motifs is 2. The number of aromatic amines is 1. The molecule has 5 aromatic rings. The molecule has 5 rings (SSSR count). The number of nitrogens with zero attached hydrogens (tertiary/aromatic N) is 4. The van der Waals surface area contributed by atoms with E-state index in [1.165, 1.54) is 0 Å². The van der Waals surface area contributed by atoms with Gasteiger partial charge in [0.1, 0.15) is 0 Å². The molecule has 0 amide bonds. The lowest BCUT2D eigenvalue weighted by molar-refractivity contribution is 0.398. The van der Waals surface area contributed by atoms with E-state index in [-0.39, 0.29) is 0 Å². The van der Waals surface area contributed by atoms with E-state index in [1.807, 2.05) is 35.7 Å². The van der Waals surface area contributed by atoms with Crippen LogP contribution < -0.4 is 15.4 Å². The molecule has 0 unspecified atom stereocenters. The maximum absolute atomic E-state index is 5.09. The molecule has 138 valence electrons. The highest BCUT2D eigenvalue weighted by molar-refractivity contribution is 7.17. The molecule has 0 saturated heterocycles. The number of nitrogens with one attached hydrogen (secondary N) is 3. The molecule has 0 aliphatic heterocycles. The quantitative estimate of drug-likeness (QED) is 0.408. The molecule has 0 saturated carbocycles. The van der Waals surface area contributed by atoms with Crippen LogP contribution in [0.5, 0.6) is 5.88 Å². The molecule has 4 aromatic heterocycles. The van der Waals surface area contributed by atoms with Crippen molar-refractivity contribution in [1.82, 2.24) is 25.1 Å². The minimum atomic E-state index is 0.491. The number of benzene rings is 1. The molecule has 0 radical (unpaired) electrons. The Bertz CT molecular complexity index is 1260. The second-order valence-electron chi connectivity index (χ2n) is 6.04. The van der Waals surface area contributed by atoms with Crippen LogP contribution in [0.3, 0.4) is 0 Å². The zero-order valence-electron chi connectivity index (χ0n) is 14.8. The maximum Gasteiger partial charge on any atom is 0.229 e. The van der Waals surface area contributed by atoms with E-state index in [4.69, 9.17) is 4.74 Å². The summed E-state index contributed by atoms with van der Waals surface area (Å²) in [5.74, 6) is 1.79. The van der Waals surface area contributed by atoms with Crippen LogP contribution in [0.2, 0.25) is 0 Å². The zero-order chi connectivity index (χ0) is 18.9. The molecule has 3 N–H and O–H groups in total. The number of hydrogen-bond acceptors (Lipinski definition) is 8. The monoisotopic (exact) mass is 389 g/mol. The van der Waals surface area contributed by atoms with Crippen molar-refractivity contribution in [3.05, 3.63) is 54.2 Å². The van der Waals surface area contributed by atoms with Gasteiger partial charge in [-0.05, 0) is 35.7 Å². The average Bonchev–Trinajstić information content (AvgIpc) is 3.37. The fourth-order valence-electron chi connectivity index (χ4n) is 2.87. The van der Waals surface area contributed by atoms with Gasteiger partial charge in [0.15, 0.2) is 5.82 Å². The first-order valence-electron chi connectivity index (χ1n) is 8.51. The van der Waals surface area contributed by atoms with Gasteiger partial charge in [-0.25, -0.2) is 9.97 Å². The van der Waals surface area contributed by atoms with Gasteiger partial charge in [0.25, 0.3) is 0 Å². The van der Waals surface area contributed by atoms with E-state index < -0.39 is 0 Å². The molecule has 0 fully saturated rings. The number of hydrogen-bond donors (Lipinski definition) is 3. The van der Waals surface area contributed by atoms with Gasteiger partial charge in [-0.3, -0.25) is 5.10 Å². The molecule has 4 heterocycles. The standard InChI is InChI=1S/C19H15N7OS/c1-27-16-5-3-13(10-20-16)23-19-24-15-6-7-28-17(15)18(25-19)22-12-2-4-14-11(8-12)9-21-26-14/h2-10H,1H3,(H,21,26)(H2,22,23,24,25). The molecule has 0 spiro atoms. The topological polar surface area (TPSA) is 101 Å². The SMILES string of the molecule is COc1ccc(Nc2nc(Nc3ccc4[nH]ncc4c3)c3sccc3n2)cn1. The Hall–Kier alpha value is -3.72. The van der Waals surface area contributed by atoms with E-state index >= 15 is 0 Å². The Labute approximate surface area is 163 Å². The van der Waals surface area contributed by atoms with Crippen molar-refractivity contribution in [2.45, 2.75) is 0 Å². The highest BCUT2D eigenvalue weighted by Gasteiger charge is 2.11. The van der Waals surface area contributed by atoms with Gasteiger partial charge in [-0.2, -0.15) is 10.1 Å². The summed E-state index contributed by atoms with van der Waals surface area (Å²) in [5, 5.41) is 16.7. The third-order valence-corrected chi connectivity index (χ3v) is 5.12. The second-order valence-corrected chi connectivity index (χ2v) is 6.96. The maximum atomic E-state index is 5.09. The van der Waals surface area contributed by atoms with Gasteiger partial charge in [-0.15, -0.1) is 11.3 Å². The number of thiophene rings is 1. The number of H-pyrrole nitrogens is 1. The number of aromatic nitrogens is 5. The van der Waals surface area contributed by atoms with Gasteiger partial charge in [0, 0.05) is 17.1 Å². The molecular formula is C19H15N7OS. The van der Waals surface area contributed by atoms with Crippen LogP contribution in [0.4, 0.5) is 23.1 Å². The normalized spacial score (nSPS) is 11.0. The van der Waals surface area contributed by atoms with E-state index in [0.29, 0.717) is 11.8 Å². The Morgan fingerprint density at radius 3 is 2.79 bits per heavy atom. The van der Waals surface area contributed by atoms with Crippen LogP contribution in [0.25, 0.3) is 21.1 Å². The number of ether oxygens (including phenoxy) is 1. The molecule has 0 aliphatic rings. The number of methoxy groups -OCH3 is 1. The summed E-state index contributed by atoms with van der Waals surface area (Å²) >= 11 is 1.60. The van der Waals surface area contributed by atoms with Crippen LogP contribution in [0.15, 0.2) is 54.2 Å². The fourth-order valence-corrected chi connectivity index (χ4v) is 3.64. The predicted octanol–water partition coefficient (Wildman–Crippen LogP) is 4.46. The van der Waals surface area contributed by atoms with Gasteiger partial charge >= 0.3 is 0 Å². The largest absolute Gasteiger partial charge is 0.481 e. The van der Waals surface area contributed by atoms with Gasteiger partial charge < -0.3 is 15.4 Å². The predicted molar refractivity (Wildman–Crippen MR) is 111 cm³/mol. The third-order valence-electron chi connectivity index (χ3n) is 4.21. The zero-order valence-corrected chi connectivity index (χ0v) is 15.6. The smallest absolute Gasteiger partial charge is 0.229 e. The van der Waals surface area contributed by atoms with Crippen molar-refractivity contribution in [2.75, 3.05) is 17.7 Å². The van der Waals surface area contributed by atoms with Crippen molar-refractivity contribution >= 4 is 55.6 Å². The molecule has 1 aromatic carbocycles. The van der Waals surface area contributed by atoms with Crippen LogP contribution in [-0.4, -0.2) is 32.3 Å². The molecule has 8 nitrogen and oxygen atoms in total. The lowest BCUT2D eigenvalue weighted by atomic mass is 10.2. The van der Waals surface area contributed by atoms with Gasteiger partial charge in [0.05, 0.1) is 40.9 Å². The first kappa shape index (κ1) is 16.5. The summed E-state index contributed by atoms with van der Waals surface area (Å²) < 4.78 is 6.08. The lowest BCUT2D eigenvalue weighted by Crippen LogP contribution is -2.01.